The van der Waals surface area contributed by atoms with Crippen LogP contribution in [0.5, 0.6) is 0 Å². The van der Waals surface area contributed by atoms with Gasteiger partial charge in [0.15, 0.2) is 44.0 Å². The van der Waals surface area contributed by atoms with Crippen molar-refractivity contribution in [2.75, 3.05) is 59.3 Å². The molecule has 21 heterocycles. The number of quaternary nitrogens is 1. The molecule has 23 N–H and O–H groups in total. The van der Waals surface area contributed by atoms with Crippen molar-refractivity contribution >= 4 is 5.91 Å². The lowest BCUT2D eigenvalue weighted by molar-refractivity contribution is -0.565. The summed E-state index contributed by atoms with van der Waals surface area (Å²) in [7, 11) is 0. The first-order valence-corrected chi connectivity index (χ1v) is 26.9. The van der Waals surface area contributed by atoms with E-state index in [-0.39, 0.29) is 37.9 Å². The molecule has 0 unspecified atom stereocenters. The fourth-order valence-corrected chi connectivity index (χ4v) is 11.1. The lowest BCUT2D eigenvalue weighted by Gasteiger charge is -2.50. The molecule has 1 amide bonds. The van der Waals surface area contributed by atoms with E-state index in [9.17, 15) is 107 Å². The normalized spacial score (nSPS) is 51.6. The smallest absolute Gasteiger partial charge is 0.307 e. The standard InChI is InChI=1S/C46H78N2O35.ClH/c1-11(55)48-3-2-47-4-12-33-19(56)26(63)40(70-12)78-34-13(5-49)72-42(28(65)21(34)58)80-36-15(7-51)74-44(30(67)23(36)60)82-38-17(9-53)76-46(32(69)25(38)62)83-39-18(10-54)75-45(31(68)24(39)61)81-37-16(8-52)73-43(29(66)22(37)59)79-35-14(6-50)71-41(77-33)27(64)20(35)57;/h12-47,49-54,56-69H,2-10H2,1H3,(H,48,55);1H/t12-,13-,14-,15-,16-,17-,18-,19-,20-,21-,22-,23-,24-,25-,26-,27-,28-,29-,30-,31-,32-,33-,34-,35-,36-,37-,38-,39-,40-,41-,42-,43-,44-,45-,46-;/m1./s1. The van der Waals surface area contributed by atoms with Gasteiger partial charge in [0, 0.05) is 13.1 Å². The number of primary amides is 1. The predicted octanol–water partition coefficient (Wildman–Crippen LogP) is -19.5. The van der Waals surface area contributed by atoms with Crippen LogP contribution >= 0.6 is 0 Å². The van der Waals surface area contributed by atoms with Crippen LogP contribution in [0.3, 0.4) is 0 Å². The van der Waals surface area contributed by atoms with Crippen LogP contribution in [0.15, 0.2) is 0 Å². The first-order valence-electron chi connectivity index (χ1n) is 26.9. The molecule has 0 aliphatic carbocycles. The van der Waals surface area contributed by atoms with E-state index in [4.69, 9.17) is 66.3 Å². The van der Waals surface area contributed by atoms with Gasteiger partial charge in [-0.3, -0.25) is 5.32 Å². The lowest BCUT2D eigenvalue weighted by atomic mass is 9.95. The van der Waals surface area contributed by atoms with Crippen molar-refractivity contribution in [3.63, 3.8) is 0 Å². The third kappa shape index (κ3) is 14.6. The number of aliphatic hydroxyl groups excluding tert-OH is 20. The fourth-order valence-electron chi connectivity index (χ4n) is 11.1. The maximum Gasteiger partial charge on any atom is 0.307 e. The van der Waals surface area contributed by atoms with Crippen molar-refractivity contribution in [1.29, 1.82) is 0 Å². The van der Waals surface area contributed by atoms with Crippen LogP contribution in [0, 0.1) is 0 Å². The molecule has 0 aromatic carbocycles. The second-order valence-corrected chi connectivity index (χ2v) is 21.3. The third-order valence-corrected chi connectivity index (χ3v) is 15.7. The Morgan fingerprint density at radius 3 is 0.667 bits per heavy atom. The average Bonchev–Trinajstić information content (AvgIpc) is 1.82. The summed E-state index contributed by atoms with van der Waals surface area (Å²) in [4.78, 5) is 11.6. The Hall–Kier alpha value is -1.48. The van der Waals surface area contributed by atoms with Gasteiger partial charge in [-0.25, -0.2) is 4.79 Å². The van der Waals surface area contributed by atoms with Crippen LogP contribution in [0.2, 0.25) is 0 Å². The average molecular weight is 1260 g/mol. The molecule has 35 atom stereocenters. The highest BCUT2D eigenvalue weighted by Gasteiger charge is 2.59. The van der Waals surface area contributed by atoms with Gasteiger partial charge in [0.1, 0.15) is 171 Å². The molecule has 21 fully saturated rings. The van der Waals surface area contributed by atoms with Crippen molar-refractivity contribution in [1.82, 2.24) is 5.32 Å². The Bertz CT molecular complexity index is 2010. The zero-order valence-electron chi connectivity index (χ0n) is 44.6. The fraction of sp³-hybridized carbons (Fsp3) is 0.978. The summed E-state index contributed by atoms with van der Waals surface area (Å²) in [5, 5.41) is 227. The Labute approximate surface area is 482 Å². The molecule has 37 nitrogen and oxygen atoms in total. The van der Waals surface area contributed by atoms with Crippen LogP contribution in [0.25, 0.3) is 0 Å². The van der Waals surface area contributed by atoms with Crippen LogP contribution in [0.4, 0.5) is 0 Å². The van der Waals surface area contributed by atoms with E-state index in [2.05, 4.69) is 5.32 Å². The van der Waals surface area contributed by atoms with Gasteiger partial charge in [-0.15, -0.1) is 0 Å². The molecule has 38 heteroatoms. The van der Waals surface area contributed by atoms with E-state index < -0.39 is 255 Å². The number of halogens is 1. The highest BCUT2D eigenvalue weighted by molar-refractivity contribution is 5.61. The second-order valence-electron chi connectivity index (χ2n) is 21.3. The molecule has 0 radical (unpaired) electrons. The number of carbonyl (C=O) groups is 1. The number of nitrogens with one attached hydrogen (secondary N) is 1. The number of amides is 1. The van der Waals surface area contributed by atoms with Crippen LogP contribution < -0.4 is 23.0 Å². The van der Waals surface area contributed by atoms with E-state index in [0.29, 0.717) is 0 Å². The molecule has 21 rings (SSSR count). The summed E-state index contributed by atoms with van der Waals surface area (Å²) in [6.45, 7) is -5.00. The zero-order chi connectivity index (χ0) is 60.5. The number of nitrogens with two attached hydrogens (primary N) is 1. The molecule has 21 aliphatic heterocycles. The molecule has 21 aliphatic rings. The third-order valence-electron chi connectivity index (χ3n) is 15.7. The van der Waals surface area contributed by atoms with Crippen LogP contribution in [0.1, 0.15) is 6.92 Å². The summed E-state index contributed by atoms with van der Waals surface area (Å²) >= 11 is 0. The summed E-state index contributed by atoms with van der Waals surface area (Å²) in [5.74, 6) is -0.262. The zero-order valence-corrected chi connectivity index (χ0v) is 45.4. The molecule has 84 heavy (non-hydrogen) atoms. The molecule has 0 aromatic heterocycles. The van der Waals surface area contributed by atoms with Gasteiger partial charge in [-0.2, -0.15) is 0 Å². The first-order chi connectivity index (χ1) is 39.5. The maximum absolute atomic E-state index is 11.7. The molecular formula is C46H79ClN2O35. The number of hydrogen-bond donors (Lipinski definition) is 22. The quantitative estimate of drug-likeness (QED) is 0.0854. The minimum Gasteiger partial charge on any atom is -1.00 e. The van der Waals surface area contributed by atoms with Gasteiger partial charge in [-0.05, 0) is 0 Å². The van der Waals surface area contributed by atoms with E-state index in [0.717, 1.165) is 0 Å². The molecule has 14 bridgehead atoms. The van der Waals surface area contributed by atoms with E-state index in [1.165, 1.54) is 12.2 Å². The number of aliphatic hydroxyl groups is 20. The van der Waals surface area contributed by atoms with Crippen molar-refractivity contribution in [2.45, 2.75) is 222 Å². The molecular weight excluding hydrogens is 1180 g/mol. The summed E-state index contributed by atoms with van der Waals surface area (Å²) in [6.07, 6.45) is -69.8. The predicted molar refractivity (Wildman–Crippen MR) is 252 cm³/mol. The summed E-state index contributed by atoms with van der Waals surface area (Å²) in [6, 6.07) is 0. The maximum atomic E-state index is 11.7. The van der Waals surface area contributed by atoms with Crippen molar-refractivity contribution in [3.8, 4) is 0 Å². The molecule has 0 saturated carbocycles. The minimum absolute atomic E-state index is 0. The van der Waals surface area contributed by atoms with Crippen molar-refractivity contribution < 1.29 is 191 Å². The van der Waals surface area contributed by atoms with Gasteiger partial charge in [-0.1, -0.05) is 0 Å². The molecule has 0 spiro atoms. The summed E-state index contributed by atoms with van der Waals surface area (Å²) < 4.78 is 80.9. The van der Waals surface area contributed by atoms with Crippen LogP contribution in [-0.2, 0) is 71.1 Å². The van der Waals surface area contributed by atoms with E-state index >= 15 is 0 Å². The first kappa shape index (κ1) is 70.0. The number of carbonyl (C=O) groups excluding carboxylic acids is 1. The van der Waals surface area contributed by atoms with Gasteiger partial charge >= 0.3 is 5.91 Å². The van der Waals surface area contributed by atoms with E-state index in [1.807, 2.05) is 0 Å². The van der Waals surface area contributed by atoms with Crippen molar-refractivity contribution in [2.24, 2.45) is 0 Å². The molecule has 0 aromatic rings. The van der Waals surface area contributed by atoms with Gasteiger partial charge in [0.25, 0.3) is 0 Å². The highest BCUT2D eigenvalue weighted by Crippen LogP contribution is 2.39. The monoisotopic (exact) mass is 1250 g/mol. The Kier molecular flexibility index (Phi) is 25.5. The highest BCUT2D eigenvalue weighted by atomic mass is 35.5. The van der Waals surface area contributed by atoms with Gasteiger partial charge in [0.2, 0.25) is 0 Å². The van der Waals surface area contributed by atoms with Gasteiger partial charge in [0.05, 0.1) is 53.1 Å². The number of rotatable bonds is 11. The Balaban J connectivity index is 0.0000101. The van der Waals surface area contributed by atoms with E-state index in [1.54, 1.807) is 0 Å². The lowest BCUT2D eigenvalue weighted by Crippen LogP contribution is -3.00. The Morgan fingerprint density at radius 2 is 0.488 bits per heavy atom. The summed E-state index contributed by atoms with van der Waals surface area (Å²) in [5.41, 5.74) is 0. The molecule has 490 valence electrons. The minimum atomic E-state index is -2.21. The van der Waals surface area contributed by atoms with Crippen molar-refractivity contribution in [3.05, 3.63) is 0 Å². The largest absolute Gasteiger partial charge is 1.00 e. The van der Waals surface area contributed by atoms with Gasteiger partial charge < -0.3 is 186 Å². The Morgan fingerprint density at radius 1 is 0.310 bits per heavy atom. The SMILES string of the molecule is CC(=O)[NH2+]CCNC[C@H]1O[C@@H]2O[C@H]3[C@H](O)[C@@H](O)[C@@H](O[C@H]4[C@H](O)[C@@H](O)[C@@H](O[C@H]5[C@H](O)[C@@H](O)[C@@H](O[C@H]6[C@H](O)[C@@H](O)[C@@H](O[C@H]7[C@H](O)[C@@H](O)[C@@H](O[C@H]8[C@H](O)[C@@H](O)[C@@H](O[C@H]1[C@H](O)[C@H]2O)O[C@@H]8CO)O[C@@H]7CO)O[C@@H]6CO)O[C@@H]5CO)O[C@@H]4CO)O[C@@H]3CO.[Cl-]. The second kappa shape index (κ2) is 30.6. The number of ether oxygens (including phenoxy) is 14. The molecule has 21 saturated heterocycles. The van der Waals surface area contributed by atoms with Crippen LogP contribution in [-0.4, -0.2) is 382 Å². The topological polar surface area (TPSA) is 580 Å². The number of hydrogen-bond acceptors (Lipinski definition) is 36.